The summed E-state index contributed by atoms with van der Waals surface area (Å²) in [6.45, 7) is 4.68. The van der Waals surface area contributed by atoms with Crippen molar-refractivity contribution < 1.29 is 9.05 Å². The maximum absolute atomic E-state index is 5.99. The Kier molecular flexibility index (Phi) is 5.52. The van der Waals surface area contributed by atoms with Gasteiger partial charge in [-0.15, -0.1) is 0 Å². The fourth-order valence-electron chi connectivity index (χ4n) is 2.38. The van der Waals surface area contributed by atoms with Crippen molar-refractivity contribution in [3.05, 3.63) is 52.2 Å². The first kappa shape index (κ1) is 17.9. The number of guanidine groups is 1. The standard InChI is InChI=1S/C17H19ClN6O2/c1-10-14(11(2)25-23-10)8-20-17(19-3)21-9-15-22-16(24-26-15)12-5-4-6-13(18)7-12/h4-7H,8-9H2,1-3H3,(H2,19,20,21). The lowest BCUT2D eigenvalue weighted by molar-refractivity contribution is 0.375. The van der Waals surface area contributed by atoms with Crippen LogP contribution >= 0.6 is 11.6 Å². The molecule has 136 valence electrons. The van der Waals surface area contributed by atoms with E-state index in [1.807, 2.05) is 26.0 Å². The van der Waals surface area contributed by atoms with Crippen LogP contribution in [0.1, 0.15) is 22.9 Å². The Labute approximate surface area is 155 Å². The Morgan fingerprint density at radius 2 is 1.96 bits per heavy atom. The summed E-state index contributed by atoms with van der Waals surface area (Å²) in [6.07, 6.45) is 0. The number of rotatable bonds is 5. The van der Waals surface area contributed by atoms with Crippen LogP contribution in [0.5, 0.6) is 0 Å². The van der Waals surface area contributed by atoms with Crippen LogP contribution in [-0.4, -0.2) is 28.3 Å². The third kappa shape index (κ3) is 4.20. The van der Waals surface area contributed by atoms with Gasteiger partial charge < -0.3 is 19.7 Å². The number of hydrogen-bond donors (Lipinski definition) is 2. The molecule has 2 aromatic heterocycles. The van der Waals surface area contributed by atoms with Gasteiger partial charge in [0, 0.05) is 29.7 Å². The fraction of sp³-hybridized carbons (Fsp3) is 0.294. The third-order valence-corrected chi connectivity index (χ3v) is 4.03. The number of aryl methyl sites for hydroxylation is 2. The molecule has 1 aromatic carbocycles. The van der Waals surface area contributed by atoms with Crippen LogP contribution in [0.2, 0.25) is 5.02 Å². The molecule has 0 spiro atoms. The van der Waals surface area contributed by atoms with E-state index in [1.165, 1.54) is 0 Å². The summed E-state index contributed by atoms with van der Waals surface area (Å²) in [5.74, 6) is 2.32. The monoisotopic (exact) mass is 374 g/mol. The lowest BCUT2D eigenvalue weighted by atomic mass is 10.2. The molecule has 3 rings (SSSR count). The lowest BCUT2D eigenvalue weighted by Crippen LogP contribution is -2.36. The minimum absolute atomic E-state index is 0.342. The minimum Gasteiger partial charge on any atom is -0.361 e. The average Bonchev–Trinajstić information content (AvgIpc) is 3.23. The third-order valence-electron chi connectivity index (χ3n) is 3.80. The number of aromatic nitrogens is 3. The molecular formula is C17H19ClN6O2. The first-order valence-electron chi connectivity index (χ1n) is 8.01. The second-order valence-corrected chi connectivity index (χ2v) is 6.04. The summed E-state index contributed by atoms with van der Waals surface area (Å²) < 4.78 is 10.4. The van der Waals surface area contributed by atoms with Gasteiger partial charge in [-0.1, -0.05) is 34.0 Å². The SMILES string of the molecule is CN=C(NCc1nc(-c2cccc(Cl)c2)no1)NCc1c(C)noc1C. The van der Waals surface area contributed by atoms with Crippen molar-refractivity contribution in [1.29, 1.82) is 0 Å². The fourth-order valence-corrected chi connectivity index (χ4v) is 2.57. The molecule has 0 aliphatic heterocycles. The molecule has 0 unspecified atom stereocenters. The second-order valence-electron chi connectivity index (χ2n) is 5.60. The van der Waals surface area contributed by atoms with Crippen molar-refractivity contribution in [2.75, 3.05) is 7.05 Å². The molecule has 0 amide bonds. The highest BCUT2D eigenvalue weighted by molar-refractivity contribution is 6.30. The van der Waals surface area contributed by atoms with Gasteiger partial charge in [-0.2, -0.15) is 4.98 Å². The van der Waals surface area contributed by atoms with Gasteiger partial charge in [0.25, 0.3) is 0 Å². The van der Waals surface area contributed by atoms with E-state index >= 15 is 0 Å². The molecule has 0 bridgehead atoms. The van der Waals surface area contributed by atoms with E-state index in [0.29, 0.717) is 35.8 Å². The van der Waals surface area contributed by atoms with Gasteiger partial charge in [-0.25, -0.2) is 0 Å². The van der Waals surface area contributed by atoms with Crippen molar-refractivity contribution in [3.8, 4) is 11.4 Å². The Hall–Kier alpha value is -2.87. The second kappa shape index (κ2) is 8.01. The lowest BCUT2D eigenvalue weighted by Gasteiger charge is -2.10. The van der Waals surface area contributed by atoms with Gasteiger partial charge in [0.05, 0.1) is 12.2 Å². The van der Waals surface area contributed by atoms with Crippen LogP contribution in [0.3, 0.4) is 0 Å². The molecule has 0 atom stereocenters. The van der Waals surface area contributed by atoms with Crippen molar-refractivity contribution in [3.63, 3.8) is 0 Å². The average molecular weight is 375 g/mol. The van der Waals surface area contributed by atoms with E-state index in [0.717, 1.165) is 22.6 Å². The molecular weight excluding hydrogens is 356 g/mol. The number of hydrogen-bond acceptors (Lipinski definition) is 6. The Balaban J connectivity index is 1.58. The smallest absolute Gasteiger partial charge is 0.246 e. The number of halogens is 1. The van der Waals surface area contributed by atoms with Crippen LogP contribution in [0.15, 0.2) is 38.3 Å². The number of benzene rings is 1. The zero-order chi connectivity index (χ0) is 18.5. The quantitative estimate of drug-likeness (QED) is 0.523. The number of nitrogens with zero attached hydrogens (tertiary/aromatic N) is 4. The van der Waals surface area contributed by atoms with E-state index < -0.39 is 0 Å². The highest BCUT2D eigenvalue weighted by atomic mass is 35.5. The van der Waals surface area contributed by atoms with E-state index in [1.54, 1.807) is 19.2 Å². The maximum Gasteiger partial charge on any atom is 0.246 e. The van der Waals surface area contributed by atoms with Gasteiger partial charge in [-0.05, 0) is 26.0 Å². The van der Waals surface area contributed by atoms with Crippen molar-refractivity contribution in [1.82, 2.24) is 25.9 Å². The predicted molar refractivity (Wildman–Crippen MR) is 97.8 cm³/mol. The van der Waals surface area contributed by atoms with Crippen LogP contribution < -0.4 is 10.6 Å². The molecule has 2 heterocycles. The molecule has 3 aromatic rings. The van der Waals surface area contributed by atoms with Gasteiger partial charge in [-0.3, -0.25) is 4.99 Å². The molecule has 0 radical (unpaired) electrons. The molecule has 0 aliphatic rings. The predicted octanol–water partition coefficient (Wildman–Crippen LogP) is 2.86. The van der Waals surface area contributed by atoms with Crippen LogP contribution in [0.25, 0.3) is 11.4 Å². The van der Waals surface area contributed by atoms with Crippen molar-refractivity contribution in [2.24, 2.45) is 4.99 Å². The Morgan fingerprint density at radius 1 is 1.15 bits per heavy atom. The van der Waals surface area contributed by atoms with Gasteiger partial charge >= 0.3 is 0 Å². The van der Waals surface area contributed by atoms with E-state index in [-0.39, 0.29) is 0 Å². The van der Waals surface area contributed by atoms with Crippen LogP contribution in [-0.2, 0) is 13.1 Å². The van der Waals surface area contributed by atoms with Crippen LogP contribution in [0.4, 0.5) is 0 Å². The number of nitrogens with one attached hydrogen (secondary N) is 2. The van der Waals surface area contributed by atoms with E-state index in [2.05, 4.69) is 30.9 Å². The molecule has 26 heavy (non-hydrogen) atoms. The summed E-state index contributed by atoms with van der Waals surface area (Å²) in [5, 5.41) is 14.9. The van der Waals surface area contributed by atoms with E-state index in [9.17, 15) is 0 Å². The van der Waals surface area contributed by atoms with Gasteiger partial charge in [0.2, 0.25) is 11.7 Å². The van der Waals surface area contributed by atoms with Gasteiger partial charge in [0.15, 0.2) is 5.96 Å². The maximum atomic E-state index is 5.99. The molecule has 2 N–H and O–H groups in total. The highest BCUT2D eigenvalue weighted by Crippen LogP contribution is 2.19. The first-order chi connectivity index (χ1) is 12.6. The highest BCUT2D eigenvalue weighted by Gasteiger charge is 2.11. The van der Waals surface area contributed by atoms with E-state index in [4.69, 9.17) is 20.6 Å². The number of aliphatic imine (C=N–C) groups is 1. The zero-order valence-corrected chi connectivity index (χ0v) is 15.5. The summed E-state index contributed by atoms with van der Waals surface area (Å²) in [5.41, 5.74) is 2.66. The minimum atomic E-state index is 0.342. The van der Waals surface area contributed by atoms with Gasteiger partial charge in [0.1, 0.15) is 5.76 Å². The first-order valence-corrected chi connectivity index (χ1v) is 8.39. The summed E-state index contributed by atoms with van der Waals surface area (Å²) in [4.78, 5) is 8.53. The summed E-state index contributed by atoms with van der Waals surface area (Å²) in [7, 11) is 1.69. The molecule has 0 aliphatic carbocycles. The topological polar surface area (TPSA) is 101 Å². The van der Waals surface area contributed by atoms with Crippen LogP contribution in [0, 0.1) is 13.8 Å². The Bertz CT molecular complexity index is 898. The zero-order valence-electron chi connectivity index (χ0n) is 14.7. The largest absolute Gasteiger partial charge is 0.361 e. The molecule has 0 saturated carbocycles. The molecule has 8 nitrogen and oxygen atoms in total. The molecule has 0 fully saturated rings. The van der Waals surface area contributed by atoms with Crippen molar-refractivity contribution >= 4 is 17.6 Å². The molecule has 0 saturated heterocycles. The Morgan fingerprint density at radius 3 is 2.65 bits per heavy atom. The summed E-state index contributed by atoms with van der Waals surface area (Å²) in [6, 6.07) is 7.29. The molecule has 9 heteroatoms. The summed E-state index contributed by atoms with van der Waals surface area (Å²) >= 11 is 5.99. The normalized spacial score (nSPS) is 11.6. The van der Waals surface area contributed by atoms with Crippen molar-refractivity contribution in [2.45, 2.75) is 26.9 Å².